The van der Waals surface area contributed by atoms with Gasteiger partial charge in [-0.05, 0) is 18.9 Å². The van der Waals surface area contributed by atoms with Crippen molar-refractivity contribution in [3.63, 3.8) is 0 Å². The maximum atomic E-state index is 13.3. The molecule has 17 heavy (non-hydrogen) atoms. The molecule has 0 nitrogen and oxygen atoms in total. The first-order valence-corrected chi connectivity index (χ1v) is 6.75. The van der Waals surface area contributed by atoms with E-state index < -0.39 is 0 Å². The average molecular weight is 234 g/mol. The number of halogens is 1. The lowest BCUT2D eigenvalue weighted by atomic mass is 10.1. The standard InChI is InChI=1S/C16H23F/c1-2-3-4-5-6-7-8-9-12-15-13-10-11-14-16(15)17/h9-14H,2-8H2,1H3/b12-9+. The van der Waals surface area contributed by atoms with Gasteiger partial charge in [-0.1, -0.05) is 69.4 Å². The Morgan fingerprint density at radius 3 is 2.47 bits per heavy atom. The first-order chi connectivity index (χ1) is 8.34. The molecule has 0 fully saturated rings. The molecule has 0 atom stereocenters. The Bertz CT molecular complexity index is 328. The van der Waals surface area contributed by atoms with E-state index in [9.17, 15) is 4.39 Å². The zero-order chi connectivity index (χ0) is 12.3. The molecule has 0 heterocycles. The van der Waals surface area contributed by atoms with Gasteiger partial charge in [-0.2, -0.15) is 0 Å². The molecule has 0 amide bonds. The lowest BCUT2D eigenvalue weighted by molar-refractivity contribution is 0.611. The molecule has 0 saturated carbocycles. The van der Waals surface area contributed by atoms with Crippen molar-refractivity contribution in [3.8, 4) is 0 Å². The van der Waals surface area contributed by atoms with Gasteiger partial charge in [-0.3, -0.25) is 0 Å². The van der Waals surface area contributed by atoms with Gasteiger partial charge in [0.1, 0.15) is 5.82 Å². The molecule has 0 aliphatic carbocycles. The Morgan fingerprint density at radius 1 is 1.00 bits per heavy atom. The van der Waals surface area contributed by atoms with Crippen molar-refractivity contribution >= 4 is 6.08 Å². The molecule has 0 aromatic heterocycles. The molecule has 1 aromatic rings. The van der Waals surface area contributed by atoms with Gasteiger partial charge < -0.3 is 0 Å². The molecule has 0 spiro atoms. The zero-order valence-corrected chi connectivity index (χ0v) is 10.8. The van der Waals surface area contributed by atoms with Crippen LogP contribution < -0.4 is 0 Å². The zero-order valence-electron chi connectivity index (χ0n) is 10.8. The summed E-state index contributed by atoms with van der Waals surface area (Å²) in [4.78, 5) is 0. The quantitative estimate of drug-likeness (QED) is 0.514. The van der Waals surface area contributed by atoms with Crippen LogP contribution in [0.3, 0.4) is 0 Å². The van der Waals surface area contributed by atoms with Gasteiger partial charge in [-0.15, -0.1) is 0 Å². The number of hydrogen-bond acceptors (Lipinski definition) is 0. The number of unbranched alkanes of at least 4 members (excludes halogenated alkanes) is 6. The number of benzene rings is 1. The highest BCUT2D eigenvalue weighted by Crippen LogP contribution is 2.11. The Kier molecular flexibility index (Phi) is 7.37. The molecule has 1 heteroatoms. The predicted molar refractivity (Wildman–Crippen MR) is 73.4 cm³/mol. The van der Waals surface area contributed by atoms with Gasteiger partial charge in [-0.25, -0.2) is 4.39 Å². The second-order valence-electron chi connectivity index (χ2n) is 4.48. The summed E-state index contributed by atoms with van der Waals surface area (Å²) in [6.45, 7) is 2.23. The van der Waals surface area contributed by atoms with Gasteiger partial charge >= 0.3 is 0 Å². The van der Waals surface area contributed by atoms with Gasteiger partial charge in [0, 0.05) is 5.56 Å². The van der Waals surface area contributed by atoms with Crippen molar-refractivity contribution in [2.45, 2.75) is 51.9 Å². The van der Waals surface area contributed by atoms with Crippen LogP contribution in [0.25, 0.3) is 6.08 Å². The molecule has 0 unspecified atom stereocenters. The van der Waals surface area contributed by atoms with Crippen LogP contribution in [0.15, 0.2) is 30.3 Å². The third kappa shape index (κ3) is 6.25. The van der Waals surface area contributed by atoms with E-state index in [1.165, 1.54) is 44.6 Å². The Morgan fingerprint density at radius 2 is 1.71 bits per heavy atom. The van der Waals surface area contributed by atoms with E-state index in [1.807, 2.05) is 18.2 Å². The van der Waals surface area contributed by atoms with E-state index in [4.69, 9.17) is 0 Å². The largest absolute Gasteiger partial charge is 0.206 e. The minimum atomic E-state index is -0.133. The normalized spacial score (nSPS) is 11.2. The first kappa shape index (κ1) is 14.0. The molecule has 1 aromatic carbocycles. The highest BCUT2D eigenvalue weighted by Gasteiger charge is 1.94. The fraction of sp³-hybridized carbons (Fsp3) is 0.500. The summed E-state index contributed by atoms with van der Waals surface area (Å²) in [5.41, 5.74) is 0.693. The second-order valence-corrected chi connectivity index (χ2v) is 4.48. The molecule has 0 bridgehead atoms. The SMILES string of the molecule is CCCCCCCC/C=C/c1ccccc1F. The van der Waals surface area contributed by atoms with Crippen molar-refractivity contribution < 1.29 is 4.39 Å². The Hall–Kier alpha value is -1.11. The van der Waals surface area contributed by atoms with Crippen LogP contribution in [-0.4, -0.2) is 0 Å². The summed E-state index contributed by atoms with van der Waals surface area (Å²) in [6.07, 6.45) is 12.9. The summed E-state index contributed by atoms with van der Waals surface area (Å²) in [7, 11) is 0. The highest BCUT2D eigenvalue weighted by molar-refractivity contribution is 5.49. The summed E-state index contributed by atoms with van der Waals surface area (Å²) >= 11 is 0. The van der Waals surface area contributed by atoms with Crippen LogP contribution in [0, 0.1) is 5.82 Å². The van der Waals surface area contributed by atoms with E-state index in [0.29, 0.717) is 5.56 Å². The third-order valence-corrected chi connectivity index (χ3v) is 2.93. The Labute approximate surface area is 105 Å². The van der Waals surface area contributed by atoms with Crippen molar-refractivity contribution in [1.29, 1.82) is 0 Å². The minimum Gasteiger partial charge on any atom is -0.206 e. The van der Waals surface area contributed by atoms with Crippen LogP contribution in [-0.2, 0) is 0 Å². The Balaban J connectivity index is 2.12. The molecule has 0 N–H and O–H groups in total. The molecule has 0 aliphatic rings. The van der Waals surface area contributed by atoms with Crippen molar-refractivity contribution in [2.75, 3.05) is 0 Å². The van der Waals surface area contributed by atoms with Crippen LogP contribution in [0.2, 0.25) is 0 Å². The van der Waals surface area contributed by atoms with Crippen molar-refractivity contribution in [2.24, 2.45) is 0 Å². The first-order valence-electron chi connectivity index (χ1n) is 6.75. The molecular formula is C16H23F. The van der Waals surface area contributed by atoms with Gasteiger partial charge in [0.05, 0.1) is 0 Å². The molecule has 0 aliphatic heterocycles. The number of allylic oxidation sites excluding steroid dienone is 1. The average Bonchev–Trinajstić information content (AvgIpc) is 2.35. The lowest BCUT2D eigenvalue weighted by Gasteiger charge is -1.98. The molecule has 1 rings (SSSR count). The van der Waals surface area contributed by atoms with E-state index in [1.54, 1.807) is 6.07 Å². The topological polar surface area (TPSA) is 0 Å². The summed E-state index contributed by atoms with van der Waals surface area (Å²) < 4.78 is 13.3. The number of rotatable bonds is 8. The van der Waals surface area contributed by atoms with Crippen LogP contribution >= 0.6 is 0 Å². The van der Waals surface area contributed by atoms with E-state index in [-0.39, 0.29) is 5.82 Å². The maximum absolute atomic E-state index is 13.3. The number of hydrogen-bond donors (Lipinski definition) is 0. The fourth-order valence-electron chi connectivity index (χ4n) is 1.86. The van der Waals surface area contributed by atoms with Gasteiger partial charge in [0.25, 0.3) is 0 Å². The van der Waals surface area contributed by atoms with Crippen molar-refractivity contribution in [1.82, 2.24) is 0 Å². The van der Waals surface area contributed by atoms with E-state index >= 15 is 0 Å². The van der Waals surface area contributed by atoms with Gasteiger partial charge in [0.15, 0.2) is 0 Å². The summed E-state index contributed by atoms with van der Waals surface area (Å²) in [6, 6.07) is 6.91. The summed E-state index contributed by atoms with van der Waals surface area (Å²) in [5.74, 6) is -0.133. The van der Waals surface area contributed by atoms with Crippen molar-refractivity contribution in [3.05, 3.63) is 41.7 Å². The van der Waals surface area contributed by atoms with Crippen LogP contribution in [0.1, 0.15) is 57.4 Å². The van der Waals surface area contributed by atoms with E-state index in [2.05, 4.69) is 13.0 Å². The lowest BCUT2D eigenvalue weighted by Crippen LogP contribution is -1.80. The molecule has 0 radical (unpaired) electrons. The highest BCUT2D eigenvalue weighted by atomic mass is 19.1. The van der Waals surface area contributed by atoms with E-state index in [0.717, 1.165) is 6.42 Å². The van der Waals surface area contributed by atoms with Crippen LogP contribution in [0.4, 0.5) is 4.39 Å². The smallest absolute Gasteiger partial charge is 0.130 e. The van der Waals surface area contributed by atoms with Gasteiger partial charge in [0.2, 0.25) is 0 Å². The third-order valence-electron chi connectivity index (χ3n) is 2.93. The van der Waals surface area contributed by atoms with Crippen LogP contribution in [0.5, 0.6) is 0 Å². The fourth-order valence-corrected chi connectivity index (χ4v) is 1.86. The maximum Gasteiger partial charge on any atom is 0.130 e. The molecule has 94 valence electrons. The monoisotopic (exact) mass is 234 g/mol. The predicted octanol–water partition coefficient (Wildman–Crippen LogP) is 5.59. The minimum absolute atomic E-state index is 0.133. The molecular weight excluding hydrogens is 211 g/mol. The summed E-state index contributed by atoms with van der Waals surface area (Å²) in [5, 5.41) is 0. The molecule has 0 saturated heterocycles. The second kappa shape index (κ2) is 8.98.